The summed E-state index contributed by atoms with van der Waals surface area (Å²) in [7, 11) is 0. The summed E-state index contributed by atoms with van der Waals surface area (Å²) in [4.78, 5) is 19.4. The van der Waals surface area contributed by atoms with Crippen LogP contribution in [0.1, 0.15) is 34.7 Å². The fourth-order valence-electron chi connectivity index (χ4n) is 5.47. The van der Waals surface area contributed by atoms with E-state index >= 15 is 0 Å². The summed E-state index contributed by atoms with van der Waals surface area (Å²) < 4.78 is 3.32. The number of nitrogens with zero attached hydrogens (tertiary/aromatic N) is 4. The lowest BCUT2D eigenvalue weighted by Gasteiger charge is -2.28. The van der Waals surface area contributed by atoms with Crippen molar-refractivity contribution in [3.63, 3.8) is 0 Å². The normalized spacial score (nSPS) is 16.5. The molecule has 0 radical (unpaired) electrons. The molecule has 0 amide bonds. The Bertz CT molecular complexity index is 1760. The van der Waals surface area contributed by atoms with Gasteiger partial charge in [-0.2, -0.15) is 0 Å². The Balaban J connectivity index is 1.37. The molecular weight excluding hydrogens is 630 g/mol. The van der Waals surface area contributed by atoms with Crippen molar-refractivity contribution in [3.8, 4) is 5.69 Å². The maximum absolute atomic E-state index is 11.0. The largest absolute Gasteiger partial charge is 0.351 e. The van der Waals surface area contributed by atoms with E-state index < -0.39 is 0 Å². The number of nitrogens with one attached hydrogen (secondary N) is 1. The number of thiocarbonyl (C=S) groups is 1. The molecule has 0 spiro atoms. The van der Waals surface area contributed by atoms with Crippen molar-refractivity contribution in [2.45, 2.75) is 35.7 Å². The third-order valence-corrected chi connectivity index (χ3v) is 9.23. The topological polar surface area (TPSA) is 76.2 Å². The van der Waals surface area contributed by atoms with Crippen molar-refractivity contribution in [3.05, 3.63) is 140 Å². The lowest BCUT2D eigenvalue weighted by molar-refractivity contribution is -0.384. The highest BCUT2D eigenvalue weighted by molar-refractivity contribution is 9.10. The number of aryl methyl sites for hydroxylation is 1. The van der Waals surface area contributed by atoms with Crippen molar-refractivity contribution in [1.82, 2.24) is 14.9 Å². The molecule has 210 valence electrons. The van der Waals surface area contributed by atoms with Crippen LogP contribution in [0.15, 0.2) is 118 Å². The first-order chi connectivity index (χ1) is 20.3. The molecule has 3 aromatic carbocycles. The minimum atomic E-state index is -0.388. The SMILES string of the molecule is Cc1cc([C@H]2[C@@H](c3ccccn3)NC(=S)N2c2ccc(Sc3ccc([N+](=O)[O-])cc3)cc2)c(C)n1-c1ccc(Br)cc1. The molecule has 6 rings (SSSR count). The quantitative estimate of drug-likeness (QED) is 0.107. The van der Waals surface area contributed by atoms with Gasteiger partial charge in [0.05, 0.1) is 22.7 Å². The average molecular weight is 657 g/mol. The number of anilines is 1. The minimum Gasteiger partial charge on any atom is -0.351 e. The molecule has 1 aliphatic heterocycles. The smallest absolute Gasteiger partial charge is 0.269 e. The number of aromatic nitrogens is 2. The zero-order valence-electron chi connectivity index (χ0n) is 22.8. The standard InChI is InChI=1S/C32H26BrN5O2S2/c1-20-19-28(21(2)36(20)23-8-6-22(33)7-9-23)31-30(29-5-3-4-18-34-29)35-32(41)37(31)24-10-14-26(15-11-24)42-27-16-12-25(13-17-27)38(39)40/h3-19,30-31H,1-2H3,(H,35,41)/t30-,31+/m1/s1. The predicted octanol–water partition coefficient (Wildman–Crippen LogP) is 8.49. The predicted molar refractivity (Wildman–Crippen MR) is 175 cm³/mol. The van der Waals surface area contributed by atoms with Gasteiger partial charge in [0.25, 0.3) is 5.69 Å². The van der Waals surface area contributed by atoms with Gasteiger partial charge in [-0.1, -0.05) is 33.8 Å². The Hall–Kier alpha value is -3.99. The van der Waals surface area contributed by atoms with Gasteiger partial charge in [-0.15, -0.1) is 0 Å². The van der Waals surface area contributed by atoms with E-state index in [2.05, 4.69) is 99.2 Å². The van der Waals surface area contributed by atoms with Gasteiger partial charge in [0, 0.05) is 55.4 Å². The van der Waals surface area contributed by atoms with E-state index in [1.165, 1.54) is 17.7 Å². The molecule has 1 N–H and O–H groups in total. The number of pyridine rings is 1. The zero-order chi connectivity index (χ0) is 29.4. The second kappa shape index (κ2) is 11.7. The monoisotopic (exact) mass is 655 g/mol. The molecule has 42 heavy (non-hydrogen) atoms. The molecular formula is C32H26BrN5O2S2. The van der Waals surface area contributed by atoms with E-state index in [0.29, 0.717) is 5.11 Å². The fraction of sp³-hybridized carbons (Fsp3) is 0.125. The van der Waals surface area contributed by atoms with E-state index in [4.69, 9.17) is 17.2 Å². The van der Waals surface area contributed by atoms with Gasteiger partial charge in [0.15, 0.2) is 5.11 Å². The highest BCUT2D eigenvalue weighted by Crippen LogP contribution is 2.44. The Morgan fingerprint density at radius 2 is 1.57 bits per heavy atom. The molecule has 0 bridgehead atoms. The van der Waals surface area contributed by atoms with Gasteiger partial charge in [-0.25, -0.2) is 0 Å². The second-order valence-corrected chi connectivity index (χ2v) is 12.4. The summed E-state index contributed by atoms with van der Waals surface area (Å²) >= 11 is 11.1. The van der Waals surface area contributed by atoms with Crippen LogP contribution in [0.2, 0.25) is 0 Å². The summed E-state index contributed by atoms with van der Waals surface area (Å²) in [6.45, 7) is 4.28. The molecule has 0 saturated carbocycles. The van der Waals surface area contributed by atoms with Gasteiger partial charge in [0.2, 0.25) is 0 Å². The third kappa shape index (κ3) is 5.45. The van der Waals surface area contributed by atoms with Crippen LogP contribution in [0.5, 0.6) is 0 Å². The molecule has 7 nitrogen and oxygen atoms in total. The third-order valence-electron chi connectivity index (χ3n) is 7.37. The molecule has 1 fully saturated rings. The molecule has 1 aliphatic rings. The van der Waals surface area contributed by atoms with Crippen molar-refractivity contribution in [2.24, 2.45) is 0 Å². The number of hydrogen-bond donors (Lipinski definition) is 1. The molecule has 2 aromatic heterocycles. The van der Waals surface area contributed by atoms with Crippen LogP contribution in [0.4, 0.5) is 11.4 Å². The van der Waals surface area contributed by atoms with Gasteiger partial charge < -0.3 is 14.8 Å². The molecule has 5 aromatic rings. The van der Waals surface area contributed by atoms with Crippen LogP contribution < -0.4 is 10.2 Å². The van der Waals surface area contributed by atoms with Crippen LogP contribution in [0, 0.1) is 24.0 Å². The van der Waals surface area contributed by atoms with E-state index in [-0.39, 0.29) is 22.7 Å². The number of rotatable bonds is 7. The first-order valence-corrected chi connectivity index (χ1v) is 15.3. The van der Waals surface area contributed by atoms with Crippen LogP contribution in [0.3, 0.4) is 0 Å². The molecule has 0 unspecified atom stereocenters. The molecule has 10 heteroatoms. The van der Waals surface area contributed by atoms with E-state index in [0.717, 1.165) is 42.7 Å². The fourth-order valence-corrected chi connectivity index (χ4v) is 6.90. The van der Waals surface area contributed by atoms with Crippen molar-refractivity contribution >= 4 is 56.4 Å². The van der Waals surface area contributed by atoms with Gasteiger partial charge >= 0.3 is 0 Å². The molecule has 1 saturated heterocycles. The second-order valence-electron chi connectivity index (χ2n) is 9.98. The molecule has 2 atom stereocenters. The highest BCUT2D eigenvalue weighted by atomic mass is 79.9. The van der Waals surface area contributed by atoms with Crippen LogP contribution in [-0.4, -0.2) is 19.6 Å². The highest BCUT2D eigenvalue weighted by Gasteiger charge is 2.42. The number of hydrogen-bond acceptors (Lipinski definition) is 5. The van der Waals surface area contributed by atoms with Crippen LogP contribution in [-0.2, 0) is 0 Å². The summed E-state index contributed by atoms with van der Waals surface area (Å²) in [5.74, 6) is 0. The van der Waals surface area contributed by atoms with Crippen molar-refractivity contribution in [1.29, 1.82) is 0 Å². The molecule has 3 heterocycles. The van der Waals surface area contributed by atoms with Gasteiger partial charge in [-0.05, 0) is 110 Å². The first kappa shape index (κ1) is 28.1. The van der Waals surface area contributed by atoms with E-state index in [1.807, 2.05) is 24.4 Å². The van der Waals surface area contributed by atoms with Gasteiger partial charge in [0.1, 0.15) is 0 Å². The number of non-ortho nitro benzene ring substituents is 1. The van der Waals surface area contributed by atoms with Crippen LogP contribution >= 0.6 is 39.9 Å². The zero-order valence-corrected chi connectivity index (χ0v) is 26.0. The Labute approximate surface area is 261 Å². The van der Waals surface area contributed by atoms with E-state index in [9.17, 15) is 10.1 Å². The lowest BCUT2D eigenvalue weighted by Crippen LogP contribution is -2.29. The summed E-state index contributed by atoms with van der Waals surface area (Å²) in [6, 6.07) is 31.1. The summed E-state index contributed by atoms with van der Waals surface area (Å²) in [6.07, 6.45) is 1.81. The van der Waals surface area contributed by atoms with Crippen molar-refractivity contribution < 1.29 is 4.92 Å². The molecule has 0 aliphatic carbocycles. The maximum atomic E-state index is 11.0. The maximum Gasteiger partial charge on any atom is 0.269 e. The van der Waals surface area contributed by atoms with E-state index in [1.54, 1.807) is 23.9 Å². The number of benzene rings is 3. The Morgan fingerprint density at radius 3 is 2.19 bits per heavy atom. The number of halogens is 1. The number of nitro groups is 1. The van der Waals surface area contributed by atoms with Crippen LogP contribution in [0.25, 0.3) is 5.69 Å². The van der Waals surface area contributed by atoms with Gasteiger partial charge in [-0.3, -0.25) is 15.1 Å². The first-order valence-electron chi connectivity index (χ1n) is 13.3. The summed E-state index contributed by atoms with van der Waals surface area (Å²) in [5, 5.41) is 15.2. The lowest BCUT2D eigenvalue weighted by atomic mass is 9.96. The summed E-state index contributed by atoms with van der Waals surface area (Å²) in [5.41, 5.74) is 6.52. The average Bonchev–Trinajstić information content (AvgIpc) is 3.49. The number of nitro benzene ring substituents is 1. The Morgan fingerprint density at radius 1 is 0.929 bits per heavy atom. The minimum absolute atomic E-state index is 0.0812. The van der Waals surface area contributed by atoms with Crippen molar-refractivity contribution in [2.75, 3.05) is 4.90 Å². The Kier molecular flexibility index (Phi) is 7.85.